The molecule has 188 valence electrons. The van der Waals surface area contributed by atoms with Crippen LogP contribution >= 0.6 is 11.3 Å². The zero-order chi connectivity index (χ0) is 25.7. The van der Waals surface area contributed by atoms with Crippen LogP contribution < -0.4 is 0 Å². The number of aromatic nitrogens is 3. The van der Waals surface area contributed by atoms with E-state index in [1.165, 1.54) is 11.3 Å². The molecule has 0 fully saturated rings. The van der Waals surface area contributed by atoms with Crippen LogP contribution in [0.15, 0.2) is 60.0 Å². The molecule has 36 heavy (non-hydrogen) atoms. The normalized spacial score (nSPS) is 11.4. The number of fused-ring (bicyclic) bond motifs is 1. The summed E-state index contributed by atoms with van der Waals surface area (Å²) < 4.78 is 5.63. The summed E-state index contributed by atoms with van der Waals surface area (Å²) in [5.74, 6) is 0.548. The number of thiazole rings is 1. The van der Waals surface area contributed by atoms with E-state index in [1.54, 1.807) is 22.2 Å². The summed E-state index contributed by atoms with van der Waals surface area (Å²) in [5.41, 5.74) is 2.61. The van der Waals surface area contributed by atoms with Crippen LogP contribution in [0.3, 0.4) is 0 Å². The number of imidazole rings is 1. The lowest BCUT2D eigenvalue weighted by molar-refractivity contribution is 0.0231. The van der Waals surface area contributed by atoms with Crippen LogP contribution in [0, 0.1) is 0 Å². The molecule has 4 rings (SSSR count). The average molecular weight is 506 g/mol. The largest absolute Gasteiger partial charge is 0.444 e. The van der Waals surface area contributed by atoms with Crippen molar-refractivity contribution in [1.29, 1.82) is 0 Å². The Kier molecular flexibility index (Phi) is 7.69. The average Bonchev–Trinajstić information content (AvgIpc) is 3.47. The summed E-state index contributed by atoms with van der Waals surface area (Å²) in [6.45, 7) is 6.70. The van der Waals surface area contributed by atoms with Gasteiger partial charge in [0.1, 0.15) is 17.1 Å². The zero-order valence-electron chi connectivity index (χ0n) is 21.0. The van der Waals surface area contributed by atoms with E-state index in [0.29, 0.717) is 31.0 Å². The molecule has 0 aliphatic rings. The highest BCUT2D eigenvalue weighted by atomic mass is 32.1. The van der Waals surface area contributed by atoms with Crippen molar-refractivity contribution in [2.24, 2.45) is 0 Å². The van der Waals surface area contributed by atoms with Gasteiger partial charge in [-0.05, 0) is 38.5 Å². The summed E-state index contributed by atoms with van der Waals surface area (Å²) in [6.07, 6.45) is 0.0817. The van der Waals surface area contributed by atoms with Crippen LogP contribution in [-0.2, 0) is 24.2 Å². The molecule has 0 radical (unpaired) electrons. The molecular weight excluding hydrogens is 474 g/mol. The first-order valence-electron chi connectivity index (χ1n) is 11.8. The second kappa shape index (κ2) is 10.9. The summed E-state index contributed by atoms with van der Waals surface area (Å²) in [5, 5.41) is 2.56. The number of carbonyl (C=O) groups excluding carboxylic acids is 2. The van der Waals surface area contributed by atoms with Gasteiger partial charge in [0.15, 0.2) is 0 Å². The lowest BCUT2D eigenvalue weighted by Gasteiger charge is -2.26. The molecule has 2 heterocycles. The Bertz CT molecular complexity index is 1290. The van der Waals surface area contributed by atoms with Gasteiger partial charge in [-0.15, -0.1) is 11.3 Å². The molecule has 2 amide bonds. The first-order chi connectivity index (χ1) is 17.2. The summed E-state index contributed by atoms with van der Waals surface area (Å²) >= 11 is 1.42. The van der Waals surface area contributed by atoms with Gasteiger partial charge >= 0.3 is 6.09 Å². The predicted molar refractivity (Wildman–Crippen MR) is 141 cm³/mol. The molecule has 8 nitrogen and oxygen atoms in total. The topological polar surface area (TPSA) is 91.4 Å². The molecule has 9 heteroatoms. The van der Waals surface area contributed by atoms with E-state index in [1.807, 2.05) is 75.4 Å². The molecule has 0 saturated carbocycles. The third-order valence-electron chi connectivity index (χ3n) is 5.41. The van der Waals surface area contributed by atoms with Crippen molar-refractivity contribution in [3.8, 4) is 0 Å². The number of nitrogens with one attached hydrogen (secondary N) is 1. The number of H-pyrrole nitrogens is 1. The fourth-order valence-corrected chi connectivity index (χ4v) is 4.46. The number of amides is 2. The van der Waals surface area contributed by atoms with Gasteiger partial charge in [0, 0.05) is 31.9 Å². The van der Waals surface area contributed by atoms with Crippen LogP contribution in [0.1, 0.15) is 47.7 Å². The van der Waals surface area contributed by atoms with Gasteiger partial charge in [0.05, 0.1) is 22.6 Å². The van der Waals surface area contributed by atoms with Gasteiger partial charge in [-0.3, -0.25) is 4.79 Å². The number of hydrogen-bond donors (Lipinski definition) is 1. The molecule has 0 unspecified atom stereocenters. The number of benzene rings is 2. The smallest absolute Gasteiger partial charge is 0.410 e. The quantitative estimate of drug-likeness (QED) is 0.352. The minimum Gasteiger partial charge on any atom is -0.444 e. The molecular formula is C27H31N5O3S. The molecule has 0 bridgehead atoms. The second-order valence-electron chi connectivity index (χ2n) is 9.63. The molecule has 0 saturated heterocycles. The summed E-state index contributed by atoms with van der Waals surface area (Å²) in [7, 11) is 1.77. The molecule has 2 aromatic carbocycles. The van der Waals surface area contributed by atoms with Crippen molar-refractivity contribution in [2.75, 3.05) is 13.6 Å². The Morgan fingerprint density at radius 1 is 1.00 bits per heavy atom. The van der Waals surface area contributed by atoms with E-state index in [0.717, 1.165) is 21.6 Å². The maximum Gasteiger partial charge on any atom is 0.410 e. The minimum absolute atomic E-state index is 0.132. The van der Waals surface area contributed by atoms with Crippen molar-refractivity contribution >= 4 is 34.4 Å². The van der Waals surface area contributed by atoms with E-state index >= 15 is 0 Å². The van der Waals surface area contributed by atoms with E-state index in [4.69, 9.17) is 4.74 Å². The predicted octanol–water partition coefficient (Wildman–Crippen LogP) is 5.27. The number of rotatable bonds is 8. The Labute approximate surface area is 214 Å². The Morgan fingerprint density at radius 3 is 2.44 bits per heavy atom. The Hall–Kier alpha value is -3.72. The third-order valence-corrected chi connectivity index (χ3v) is 6.32. The fourth-order valence-electron chi connectivity index (χ4n) is 3.70. The van der Waals surface area contributed by atoms with Crippen molar-refractivity contribution in [3.63, 3.8) is 0 Å². The highest BCUT2D eigenvalue weighted by molar-refractivity contribution is 7.09. The van der Waals surface area contributed by atoms with Crippen molar-refractivity contribution < 1.29 is 14.3 Å². The molecule has 4 aromatic rings. The molecule has 1 N–H and O–H groups in total. The summed E-state index contributed by atoms with van der Waals surface area (Å²) in [6, 6.07) is 17.6. The number of aromatic amines is 1. The van der Waals surface area contributed by atoms with Crippen molar-refractivity contribution in [2.45, 2.75) is 45.9 Å². The first-order valence-corrected chi connectivity index (χ1v) is 12.7. The SMILES string of the molecule is CN(Cc1ccccc1)C(=O)c1csc(CCN(Cc2nc3ccccc3[nH]2)C(=O)OC(C)(C)C)n1. The van der Waals surface area contributed by atoms with E-state index < -0.39 is 11.7 Å². The number of nitrogens with zero attached hydrogens (tertiary/aromatic N) is 4. The van der Waals surface area contributed by atoms with Gasteiger partial charge in [-0.25, -0.2) is 14.8 Å². The monoisotopic (exact) mass is 505 g/mol. The number of para-hydroxylation sites is 2. The van der Waals surface area contributed by atoms with Crippen LogP contribution in [0.2, 0.25) is 0 Å². The maximum atomic E-state index is 13.0. The van der Waals surface area contributed by atoms with Gasteiger partial charge in [-0.2, -0.15) is 0 Å². The van der Waals surface area contributed by atoms with Crippen LogP contribution in [-0.4, -0.2) is 55.9 Å². The molecule has 0 spiro atoms. The van der Waals surface area contributed by atoms with E-state index in [9.17, 15) is 9.59 Å². The molecule has 0 atom stereocenters. The highest BCUT2D eigenvalue weighted by Crippen LogP contribution is 2.18. The number of carbonyl (C=O) groups is 2. The van der Waals surface area contributed by atoms with Crippen LogP contribution in [0.5, 0.6) is 0 Å². The van der Waals surface area contributed by atoms with Crippen molar-refractivity contribution in [3.05, 3.63) is 82.1 Å². The lowest BCUT2D eigenvalue weighted by Crippen LogP contribution is -2.38. The lowest BCUT2D eigenvalue weighted by atomic mass is 10.2. The van der Waals surface area contributed by atoms with Gasteiger partial charge in [-0.1, -0.05) is 42.5 Å². The van der Waals surface area contributed by atoms with Crippen LogP contribution in [0.4, 0.5) is 4.79 Å². The molecule has 0 aliphatic carbocycles. The Balaban J connectivity index is 1.42. The van der Waals surface area contributed by atoms with Gasteiger partial charge in [0.2, 0.25) is 0 Å². The van der Waals surface area contributed by atoms with E-state index in [2.05, 4.69) is 15.0 Å². The number of hydrogen-bond acceptors (Lipinski definition) is 6. The molecule has 0 aliphatic heterocycles. The number of ether oxygens (including phenoxy) is 1. The standard InChI is InChI=1S/C27H31N5O3S/c1-27(2,3)35-26(34)32(17-23-28-20-12-8-9-13-21(20)29-23)15-14-24-30-22(18-36-24)25(33)31(4)16-19-10-6-5-7-11-19/h5-13,18H,14-17H2,1-4H3,(H,28,29). The molecule has 2 aromatic heterocycles. The van der Waals surface area contributed by atoms with Gasteiger partial charge in [0.25, 0.3) is 5.91 Å². The van der Waals surface area contributed by atoms with Crippen LogP contribution in [0.25, 0.3) is 11.0 Å². The maximum absolute atomic E-state index is 13.0. The second-order valence-corrected chi connectivity index (χ2v) is 10.6. The Morgan fingerprint density at radius 2 is 1.72 bits per heavy atom. The fraction of sp³-hybridized carbons (Fsp3) is 0.333. The van der Waals surface area contributed by atoms with Gasteiger partial charge < -0.3 is 19.5 Å². The first kappa shape index (κ1) is 25.4. The minimum atomic E-state index is -0.618. The summed E-state index contributed by atoms with van der Waals surface area (Å²) in [4.78, 5) is 41.5. The zero-order valence-corrected chi connectivity index (χ0v) is 21.8. The van der Waals surface area contributed by atoms with E-state index in [-0.39, 0.29) is 12.5 Å². The third kappa shape index (κ3) is 6.69. The highest BCUT2D eigenvalue weighted by Gasteiger charge is 2.24. The van der Waals surface area contributed by atoms with Crippen molar-refractivity contribution in [1.82, 2.24) is 24.8 Å².